The van der Waals surface area contributed by atoms with Crippen molar-refractivity contribution in [3.63, 3.8) is 0 Å². The first kappa shape index (κ1) is 7.03. The zero-order valence-corrected chi connectivity index (χ0v) is 7.53. The van der Waals surface area contributed by atoms with Gasteiger partial charge in [0.05, 0.1) is 10.6 Å². The average molecular weight is 169 g/mol. The van der Waals surface area contributed by atoms with E-state index in [4.69, 9.17) is 0 Å². The molecule has 1 N–H and O–H groups in total. The van der Waals surface area contributed by atoms with Crippen LogP contribution >= 0.6 is 11.8 Å². The largest absolute Gasteiger partial charge is 0.369 e. The van der Waals surface area contributed by atoms with Crippen LogP contribution in [-0.2, 0) is 7.05 Å². The van der Waals surface area contributed by atoms with Gasteiger partial charge in [-0.3, -0.25) is 4.68 Å². The number of rotatable bonds is 0. The summed E-state index contributed by atoms with van der Waals surface area (Å²) >= 11 is 1.89. The second-order valence-corrected chi connectivity index (χ2v) is 3.77. The predicted molar refractivity (Wildman–Crippen MR) is 47.2 cm³/mol. The highest BCUT2D eigenvalue weighted by atomic mass is 32.2. The molecule has 0 amide bonds. The lowest BCUT2D eigenvalue weighted by Crippen LogP contribution is -2.12. The molecule has 1 aliphatic heterocycles. The van der Waals surface area contributed by atoms with Crippen LogP contribution in [-0.4, -0.2) is 22.1 Å². The van der Waals surface area contributed by atoms with Crippen LogP contribution in [0.5, 0.6) is 0 Å². The van der Waals surface area contributed by atoms with E-state index >= 15 is 0 Å². The zero-order chi connectivity index (χ0) is 7.84. The van der Waals surface area contributed by atoms with Gasteiger partial charge >= 0.3 is 0 Å². The normalized spacial score (nSPS) is 15.8. The highest BCUT2D eigenvalue weighted by molar-refractivity contribution is 7.99. The Labute approximate surface area is 70.2 Å². The first-order valence-electron chi connectivity index (χ1n) is 3.69. The van der Waals surface area contributed by atoms with Crippen molar-refractivity contribution in [2.75, 3.05) is 17.6 Å². The lowest BCUT2D eigenvalue weighted by Gasteiger charge is -2.13. The summed E-state index contributed by atoms with van der Waals surface area (Å²) in [7, 11) is 1.98. The van der Waals surface area contributed by atoms with E-state index in [1.165, 1.54) is 10.7 Å². The Hall–Kier alpha value is -0.640. The molecule has 0 saturated heterocycles. The average Bonchev–Trinajstić information content (AvgIpc) is 2.30. The molecule has 0 radical (unpaired) electrons. The van der Waals surface area contributed by atoms with Crippen molar-refractivity contribution in [1.29, 1.82) is 0 Å². The van der Waals surface area contributed by atoms with E-state index in [0.717, 1.165) is 18.0 Å². The Morgan fingerprint density at radius 3 is 3.18 bits per heavy atom. The van der Waals surface area contributed by atoms with Gasteiger partial charge < -0.3 is 5.32 Å². The lowest BCUT2D eigenvalue weighted by atomic mass is 10.4. The van der Waals surface area contributed by atoms with Crippen LogP contribution in [0.4, 0.5) is 5.82 Å². The van der Waals surface area contributed by atoms with Crippen LogP contribution in [0.2, 0.25) is 0 Å². The first-order valence-corrected chi connectivity index (χ1v) is 4.68. The summed E-state index contributed by atoms with van der Waals surface area (Å²) in [5, 5.41) is 7.66. The van der Waals surface area contributed by atoms with Crippen LogP contribution in [0.1, 0.15) is 5.69 Å². The molecule has 0 spiro atoms. The molecule has 11 heavy (non-hydrogen) atoms. The van der Waals surface area contributed by atoms with Crippen molar-refractivity contribution < 1.29 is 0 Å². The number of hydrogen-bond donors (Lipinski definition) is 1. The van der Waals surface area contributed by atoms with E-state index in [1.807, 2.05) is 23.5 Å². The highest BCUT2D eigenvalue weighted by Crippen LogP contribution is 2.32. The monoisotopic (exact) mass is 169 g/mol. The van der Waals surface area contributed by atoms with E-state index in [2.05, 4.69) is 17.3 Å². The molecule has 0 atom stereocenters. The van der Waals surface area contributed by atoms with Gasteiger partial charge in [0, 0.05) is 19.3 Å². The van der Waals surface area contributed by atoms with Crippen molar-refractivity contribution >= 4 is 17.6 Å². The smallest absolute Gasteiger partial charge is 0.138 e. The Bertz CT molecular complexity index is 253. The highest BCUT2D eigenvalue weighted by Gasteiger charge is 2.16. The van der Waals surface area contributed by atoms with Gasteiger partial charge in [-0.2, -0.15) is 5.10 Å². The first-order chi connectivity index (χ1) is 5.29. The molecule has 3 nitrogen and oxygen atoms in total. The molecule has 2 rings (SSSR count). The topological polar surface area (TPSA) is 29.9 Å². The third-order valence-corrected chi connectivity index (χ3v) is 2.99. The van der Waals surface area contributed by atoms with E-state index in [1.54, 1.807) is 0 Å². The van der Waals surface area contributed by atoms with Gasteiger partial charge in [0.2, 0.25) is 0 Å². The van der Waals surface area contributed by atoms with E-state index in [9.17, 15) is 0 Å². The SMILES string of the molecule is Cc1nn(C)c2c1SCCN2. The number of anilines is 1. The molecular formula is C7H11N3S. The second kappa shape index (κ2) is 2.44. The molecule has 0 unspecified atom stereocenters. The van der Waals surface area contributed by atoms with Crippen LogP contribution < -0.4 is 5.32 Å². The molecule has 0 saturated carbocycles. The van der Waals surface area contributed by atoms with E-state index in [-0.39, 0.29) is 0 Å². The van der Waals surface area contributed by atoms with Crippen molar-refractivity contribution in [2.45, 2.75) is 11.8 Å². The summed E-state index contributed by atoms with van der Waals surface area (Å²) in [4.78, 5) is 1.32. The molecule has 60 valence electrons. The Kier molecular flexibility index (Phi) is 1.56. The Balaban J connectivity index is 2.52. The number of nitrogens with zero attached hydrogens (tertiary/aromatic N) is 2. The van der Waals surface area contributed by atoms with Crippen molar-refractivity contribution in [2.24, 2.45) is 7.05 Å². The van der Waals surface area contributed by atoms with Gasteiger partial charge in [0.25, 0.3) is 0 Å². The van der Waals surface area contributed by atoms with Crippen LogP contribution in [0.25, 0.3) is 0 Å². The van der Waals surface area contributed by atoms with Crippen molar-refractivity contribution in [3.05, 3.63) is 5.69 Å². The van der Waals surface area contributed by atoms with Gasteiger partial charge in [-0.1, -0.05) is 0 Å². The molecule has 0 bridgehead atoms. The van der Waals surface area contributed by atoms with Gasteiger partial charge in [-0.15, -0.1) is 11.8 Å². The number of aryl methyl sites for hydroxylation is 2. The lowest BCUT2D eigenvalue weighted by molar-refractivity contribution is 0.759. The standard InChI is InChI=1S/C7H11N3S/c1-5-6-7(10(2)9-5)8-3-4-11-6/h8H,3-4H2,1-2H3. The number of fused-ring (bicyclic) bond motifs is 1. The van der Waals surface area contributed by atoms with Gasteiger partial charge in [-0.05, 0) is 6.92 Å². The molecule has 1 aromatic rings. The minimum atomic E-state index is 1.05. The van der Waals surface area contributed by atoms with E-state index < -0.39 is 0 Å². The van der Waals surface area contributed by atoms with Gasteiger partial charge in [0.15, 0.2) is 0 Å². The Morgan fingerprint density at radius 2 is 2.45 bits per heavy atom. The second-order valence-electron chi connectivity index (χ2n) is 2.66. The van der Waals surface area contributed by atoms with Gasteiger partial charge in [-0.25, -0.2) is 0 Å². The van der Waals surface area contributed by atoms with Crippen molar-refractivity contribution in [3.8, 4) is 0 Å². The molecule has 1 aliphatic rings. The van der Waals surface area contributed by atoms with Crippen LogP contribution in [0, 0.1) is 6.92 Å². The Morgan fingerprint density at radius 1 is 1.64 bits per heavy atom. The molecule has 0 aromatic carbocycles. The fraction of sp³-hybridized carbons (Fsp3) is 0.571. The molecule has 1 aromatic heterocycles. The number of aromatic nitrogens is 2. The summed E-state index contributed by atoms with van der Waals surface area (Å²) in [6.07, 6.45) is 0. The maximum absolute atomic E-state index is 4.33. The molecule has 2 heterocycles. The third kappa shape index (κ3) is 1.01. The van der Waals surface area contributed by atoms with Crippen LogP contribution in [0.3, 0.4) is 0 Å². The maximum Gasteiger partial charge on any atom is 0.138 e. The summed E-state index contributed by atoms with van der Waals surface area (Å²) in [6, 6.07) is 0. The summed E-state index contributed by atoms with van der Waals surface area (Å²) in [5.41, 5.74) is 1.14. The summed E-state index contributed by atoms with van der Waals surface area (Å²) < 4.78 is 1.91. The summed E-state index contributed by atoms with van der Waals surface area (Å²) in [6.45, 7) is 3.11. The fourth-order valence-corrected chi connectivity index (χ4v) is 2.33. The fourth-order valence-electron chi connectivity index (χ4n) is 1.33. The van der Waals surface area contributed by atoms with Crippen LogP contribution in [0.15, 0.2) is 4.90 Å². The molecule has 4 heteroatoms. The summed E-state index contributed by atoms with van der Waals surface area (Å²) in [5.74, 6) is 2.33. The maximum atomic E-state index is 4.33. The predicted octanol–water partition coefficient (Wildman–Crippen LogP) is 1.25. The quantitative estimate of drug-likeness (QED) is 0.634. The minimum absolute atomic E-state index is 1.05. The molecule has 0 aliphatic carbocycles. The molecular weight excluding hydrogens is 158 g/mol. The van der Waals surface area contributed by atoms with Gasteiger partial charge in [0.1, 0.15) is 5.82 Å². The number of nitrogens with one attached hydrogen (secondary N) is 1. The number of thioether (sulfide) groups is 1. The number of hydrogen-bond acceptors (Lipinski definition) is 3. The zero-order valence-electron chi connectivity index (χ0n) is 6.72. The van der Waals surface area contributed by atoms with Crippen molar-refractivity contribution in [1.82, 2.24) is 9.78 Å². The third-order valence-electron chi connectivity index (χ3n) is 1.81. The van der Waals surface area contributed by atoms with E-state index in [0.29, 0.717) is 0 Å². The minimum Gasteiger partial charge on any atom is -0.369 e. The molecule has 0 fully saturated rings.